The van der Waals surface area contributed by atoms with Crippen molar-refractivity contribution in [3.8, 4) is 5.75 Å². The van der Waals surface area contributed by atoms with E-state index in [0.717, 1.165) is 12.8 Å². The Balaban J connectivity index is 2.26. The molecule has 1 fully saturated rings. The van der Waals surface area contributed by atoms with E-state index in [1.165, 1.54) is 19.2 Å². The second-order valence-corrected chi connectivity index (χ2v) is 4.03. The summed E-state index contributed by atoms with van der Waals surface area (Å²) in [5.74, 6) is -0.300. The molecule has 4 heteroatoms. The molecule has 1 atom stereocenters. The minimum atomic E-state index is -0.794. The van der Waals surface area contributed by atoms with E-state index in [9.17, 15) is 9.50 Å². The Kier molecular flexibility index (Phi) is 2.40. The van der Waals surface area contributed by atoms with Gasteiger partial charge in [0.05, 0.1) is 13.2 Å². The zero-order valence-corrected chi connectivity index (χ0v) is 8.53. The standard InChI is InChI=1S/C11H14FNO2/c1-15-9-3-2-7(6-8(9)12)10(14)11(13)4-5-11/h2-3,6,10,14H,4-5,13H2,1H3. The van der Waals surface area contributed by atoms with Gasteiger partial charge in [0.1, 0.15) is 0 Å². The Bertz CT molecular complexity index is 377. The van der Waals surface area contributed by atoms with E-state index in [4.69, 9.17) is 10.5 Å². The number of nitrogens with two attached hydrogens (primary N) is 1. The predicted octanol–water partition coefficient (Wildman–Crippen LogP) is 1.36. The third-order valence-corrected chi connectivity index (χ3v) is 2.86. The van der Waals surface area contributed by atoms with E-state index in [0.29, 0.717) is 5.56 Å². The van der Waals surface area contributed by atoms with Crippen LogP contribution in [0.5, 0.6) is 5.75 Å². The molecule has 3 nitrogen and oxygen atoms in total. The van der Waals surface area contributed by atoms with Crippen LogP contribution in [-0.4, -0.2) is 17.8 Å². The molecule has 0 spiro atoms. The number of benzene rings is 1. The number of rotatable bonds is 3. The Morgan fingerprint density at radius 3 is 2.67 bits per heavy atom. The van der Waals surface area contributed by atoms with Crippen LogP contribution in [0.2, 0.25) is 0 Å². The molecule has 1 unspecified atom stereocenters. The van der Waals surface area contributed by atoms with Crippen molar-refractivity contribution in [3.63, 3.8) is 0 Å². The molecule has 1 aromatic carbocycles. The molecule has 0 aromatic heterocycles. The summed E-state index contributed by atoms with van der Waals surface area (Å²) in [5, 5.41) is 9.88. The van der Waals surface area contributed by atoms with Gasteiger partial charge in [-0.05, 0) is 30.5 Å². The topological polar surface area (TPSA) is 55.5 Å². The van der Waals surface area contributed by atoms with Crippen LogP contribution in [-0.2, 0) is 0 Å². The fraction of sp³-hybridized carbons (Fsp3) is 0.455. The Morgan fingerprint density at radius 1 is 1.53 bits per heavy atom. The van der Waals surface area contributed by atoms with Crippen LogP contribution < -0.4 is 10.5 Å². The normalized spacial score (nSPS) is 19.7. The van der Waals surface area contributed by atoms with Gasteiger partial charge in [-0.15, -0.1) is 0 Å². The molecular weight excluding hydrogens is 197 g/mol. The summed E-state index contributed by atoms with van der Waals surface area (Å²) in [4.78, 5) is 0. The number of aliphatic hydroxyl groups is 1. The van der Waals surface area contributed by atoms with Gasteiger partial charge in [-0.1, -0.05) is 6.07 Å². The summed E-state index contributed by atoms with van der Waals surface area (Å²) in [6.07, 6.45) is 0.766. The molecule has 1 saturated carbocycles. The quantitative estimate of drug-likeness (QED) is 0.793. The minimum absolute atomic E-state index is 0.174. The van der Waals surface area contributed by atoms with E-state index in [1.54, 1.807) is 6.07 Å². The molecule has 0 aliphatic heterocycles. The van der Waals surface area contributed by atoms with Gasteiger partial charge in [-0.3, -0.25) is 0 Å². The average molecular weight is 211 g/mol. The van der Waals surface area contributed by atoms with E-state index < -0.39 is 17.5 Å². The third-order valence-electron chi connectivity index (χ3n) is 2.86. The van der Waals surface area contributed by atoms with Gasteiger partial charge >= 0.3 is 0 Å². The van der Waals surface area contributed by atoms with Crippen molar-refractivity contribution in [1.82, 2.24) is 0 Å². The summed E-state index contributed by atoms with van der Waals surface area (Å²) >= 11 is 0. The number of hydrogen-bond acceptors (Lipinski definition) is 3. The first-order valence-electron chi connectivity index (χ1n) is 4.87. The molecular formula is C11H14FNO2. The summed E-state index contributed by atoms with van der Waals surface area (Å²) in [6, 6.07) is 4.41. The Morgan fingerprint density at radius 2 is 2.20 bits per heavy atom. The summed E-state index contributed by atoms with van der Waals surface area (Å²) < 4.78 is 18.1. The lowest BCUT2D eigenvalue weighted by Crippen LogP contribution is -2.30. The molecule has 15 heavy (non-hydrogen) atoms. The van der Waals surface area contributed by atoms with Crippen LogP contribution in [0.25, 0.3) is 0 Å². The van der Waals surface area contributed by atoms with Crippen LogP contribution in [0.3, 0.4) is 0 Å². The largest absolute Gasteiger partial charge is 0.494 e. The maximum atomic E-state index is 13.3. The number of methoxy groups -OCH3 is 1. The third kappa shape index (κ3) is 1.82. The number of aliphatic hydroxyl groups excluding tert-OH is 1. The first-order valence-corrected chi connectivity index (χ1v) is 4.87. The average Bonchev–Trinajstić information content (AvgIpc) is 2.96. The summed E-state index contributed by atoms with van der Waals surface area (Å²) in [5.41, 5.74) is 5.79. The fourth-order valence-electron chi connectivity index (χ4n) is 1.60. The van der Waals surface area contributed by atoms with Crippen molar-refractivity contribution >= 4 is 0 Å². The minimum Gasteiger partial charge on any atom is -0.494 e. The van der Waals surface area contributed by atoms with Crippen LogP contribution in [0, 0.1) is 5.82 Å². The maximum Gasteiger partial charge on any atom is 0.165 e. The SMILES string of the molecule is COc1ccc(C(O)C2(N)CC2)cc1F. The van der Waals surface area contributed by atoms with Gasteiger partial charge in [0.25, 0.3) is 0 Å². The van der Waals surface area contributed by atoms with E-state index in [1.807, 2.05) is 0 Å². The molecule has 82 valence electrons. The number of ether oxygens (including phenoxy) is 1. The second-order valence-electron chi connectivity index (χ2n) is 4.03. The van der Waals surface area contributed by atoms with Crippen molar-refractivity contribution in [2.75, 3.05) is 7.11 Å². The molecule has 0 heterocycles. The second kappa shape index (κ2) is 3.47. The molecule has 1 aliphatic rings. The fourth-order valence-corrected chi connectivity index (χ4v) is 1.60. The molecule has 1 aliphatic carbocycles. The lowest BCUT2D eigenvalue weighted by atomic mass is 10.0. The monoisotopic (exact) mass is 211 g/mol. The molecule has 1 aromatic rings. The van der Waals surface area contributed by atoms with Gasteiger partial charge in [0.15, 0.2) is 11.6 Å². The molecule has 3 N–H and O–H groups in total. The smallest absolute Gasteiger partial charge is 0.165 e. The molecule has 0 radical (unpaired) electrons. The van der Waals surface area contributed by atoms with E-state index in [2.05, 4.69) is 0 Å². The highest BCUT2D eigenvalue weighted by Crippen LogP contribution is 2.43. The van der Waals surface area contributed by atoms with Crippen LogP contribution in [0.1, 0.15) is 24.5 Å². The van der Waals surface area contributed by atoms with Crippen molar-refractivity contribution in [1.29, 1.82) is 0 Å². The van der Waals surface area contributed by atoms with Crippen LogP contribution in [0.15, 0.2) is 18.2 Å². The van der Waals surface area contributed by atoms with Gasteiger partial charge in [-0.25, -0.2) is 4.39 Å². The van der Waals surface area contributed by atoms with Gasteiger partial charge in [0.2, 0.25) is 0 Å². The lowest BCUT2D eigenvalue weighted by Gasteiger charge is -2.18. The van der Waals surface area contributed by atoms with Gasteiger partial charge in [-0.2, -0.15) is 0 Å². The van der Waals surface area contributed by atoms with Gasteiger partial charge in [0, 0.05) is 5.54 Å². The molecule has 0 saturated heterocycles. The Hall–Kier alpha value is -1.13. The molecule has 2 rings (SSSR count). The molecule has 0 amide bonds. The predicted molar refractivity (Wildman–Crippen MR) is 54.1 cm³/mol. The summed E-state index contributed by atoms with van der Waals surface area (Å²) in [7, 11) is 1.40. The van der Waals surface area contributed by atoms with Gasteiger partial charge < -0.3 is 15.6 Å². The zero-order valence-electron chi connectivity index (χ0n) is 8.53. The Labute approximate surface area is 87.7 Å². The van der Waals surface area contributed by atoms with Crippen molar-refractivity contribution in [2.45, 2.75) is 24.5 Å². The van der Waals surface area contributed by atoms with E-state index in [-0.39, 0.29) is 5.75 Å². The zero-order chi connectivity index (χ0) is 11.1. The van der Waals surface area contributed by atoms with Crippen LogP contribution >= 0.6 is 0 Å². The van der Waals surface area contributed by atoms with Crippen molar-refractivity contribution in [3.05, 3.63) is 29.6 Å². The lowest BCUT2D eigenvalue weighted by molar-refractivity contribution is 0.135. The first-order chi connectivity index (χ1) is 7.07. The maximum absolute atomic E-state index is 13.3. The highest BCUT2D eigenvalue weighted by atomic mass is 19.1. The molecule has 0 bridgehead atoms. The van der Waals surface area contributed by atoms with E-state index >= 15 is 0 Å². The number of halogens is 1. The van der Waals surface area contributed by atoms with Crippen molar-refractivity contribution in [2.24, 2.45) is 5.73 Å². The first kappa shape index (κ1) is 10.4. The summed E-state index contributed by atoms with van der Waals surface area (Å²) in [6.45, 7) is 0. The van der Waals surface area contributed by atoms with Crippen molar-refractivity contribution < 1.29 is 14.2 Å². The highest BCUT2D eigenvalue weighted by Gasteiger charge is 2.45. The highest BCUT2D eigenvalue weighted by molar-refractivity contribution is 5.32. The number of hydrogen-bond donors (Lipinski definition) is 2. The van der Waals surface area contributed by atoms with Crippen LogP contribution in [0.4, 0.5) is 4.39 Å².